The topological polar surface area (TPSA) is 20.2 Å². The van der Waals surface area contributed by atoms with E-state index in [1.54, 1.807) is 0 Å². The summed E-state index contributed by atoms with van der Waals surface area (Å²) in [6.07, 6.45) is 4.11. The Balaban J connectivity index is 2.82. The zero-order valence-electron chi connectivity index (χ0n) is 7.35. The first kappa shape index (κ1) is 8.54. The molecular weight excluding hydrogens is 136 g/mol. The normalized spacial score (nSPS) is 23.2. The Hall–Kier alpha value is -0.560. The van der Waals surface area contributed by atoms with Crippen molar-refractivity contribution in [2.45, 2.75) is 26.7 Å². The van der Waals surface area contributed by atoms with Crippen LogP contribution in [0.15, 0.2) is 23.8 Å². The summed E-state index contributed by atoms with van der Waals surface area (Å²) in [6.45, 7) is 8.49. The maximum atomic E-state index is 8.93. The van der Waals surface area contributed by atoms with E-state index >= 15 is 0 Å². The average molecular weight is 152 g/mol. The van der Waals surface area contributed by atoms with E-state index in [1.165, 1.54) is 5.57 Å². The van der Waals surface area contributed by atoms with Crippen LogP contribution in [0.1, 0.15) is 26.7 Å². The van der Waals surface area contributed by atoms with E-state index < -0.39 is 0 Å². The van der Waals surface area contributed by atoms with Crippen LogP contribution in [0.5, 0.6) is 0 Å². The number of rotatable bonds is 1. The molecule has 0 amide bonds. The monoisotopic (exact) mass is 152 g/mol. The van der Waals surface area contributed by atoms with Crippen molar-refractivity contribution in [3.63, 3.8) is 0 Å². The SMILES string of the molecule is C=C1CC(CO)=CC(C)(C)C1. The summed E-state index contributed by atoms with van der Waals surface area (Å²) in [5.74, 6) is 0. The first-order chi connectivity index (χ1) is 5.03. The predicted octanol–water partition coefficient (Wildman–Crippen LogP) is 2.28. The Kier molecular flexibility index (Phi) is 2.19. The zero-order valence-corrected chi connectivity index (χ0v) is 7.35. The molecule has 0 heterocycles. The second-order valence-electron chi connectivity index (χ2n) is 4.05. The molecule has 1 nitrogen and oxygen atoms in total. The summed E-state index contributed by atoms with van der Waals surface area (Å²) in [5, 5.41) is 8.93. The van der Waals surface area contributed by atoms with Crippen LogP contribution in [0, 0.1) is 5.41 Å². The Morgan fingerprint density at radius 3 is 2.73 bits per heavy atom. The summed E-state index contributed by atoms with van der Waals surface area (Å²) >= 11 is 0. The fraction of sp³-hybridized carbons (Fsp3) is 0.600. The van der Waals surface area contributed by atoms with E-state index in [-0.39, 0.29) is 12.0 Å². The first-order valence-electron chi connectivity index (χ1n) is 4.01. The fourth-order valence-electron chi connectivity index (χ4n) is 1.78. The van der Waals surface area contributed by atoms with Gasteiger partial charge in [-0.2, -0.15) is 0 Å². The average Bonchev–Trinajstić information content (AvgIpc) is 1.83. The molecule has 1 rings (SSSR count). The highest BCUT2D eigenvalue weighted by molar-refractivity contribution is 5.23. The molecule has 0 fully saturated rings. The molecule has 0 bridgehead atoms. The lowest BCUT2D eigenvalue weighted by Gasteiger charge is -2.28. The highest BCUT2D eigenvalue weighted by Gasteiger charge is 2.21. The van der Waals surface area contributed by atoms with Crippen LogP contribution in [-0.2, 0) is 0 Å². The number of aliphatic hydroxyl groups excluding tert-OH is 1. The van der Waals surface area contributed by atoms with Crippen molar-refractivity contribution >= 4 is 0 Å². The maximum Gasteiger partial charge on any atom is 0.0645 e. The van der Waals surface area contributed by atoms with Gasteiger partial charge in [0.25, 0.3) is 0 Å². The lowest BCUT2D eigenvalue weighted by Crippen LogP contribution is -2.15. The van der Waals surface area contributed by atoms with E-state index in [9.17, 15) is 0 Å². The zero-order chi connectivity index (χ0) is 8.48. The lowest BCUT2D eigenvalue weighted by molar-refractivity contribution is 0.318. The van der Waals surface area contributed by atoms with Gasteiger partial charge >= 0.3 is 0 Å². The summed E-state index contributed by atoms with van der Waals surface area (Å²) in [4.78, 5) is 0. The number of aliphatic hydroxyl groups is 1. The van der Waals surface area contributed by atoms with Gasteiger partial charge in [0.05, 0.1) is 6.61 Å². The molecule has 0 aliphatic heterocycles. The van der Waals surface area contributed by atoms with E-state index in [0.29, 0.717) is 0 Å². The Morgan fingerprint density at radius 1 is 1.64 bits per heavy atom. The maximum absolute atomic E-state index is 8.93. The van der Waals surface area contributed by atoms with E-state index in [1.807, 2.05) is 0 Å². The van der Waals surface area contributed by atoms with Crippen LogP contribution in [0.4, 0.5) is 0 Å². The second-order valence-corrected chi connectivity index (χ2v) is 4.05. The minimum atomic E-state index is 0.183. The molecule has 0 saturated heterocycles. The van der Waals surface area contributed by atoms with Gasteiger partial charge in [0.1, 0.15) is 0 Å². The van der Waals surface area contributed by atoms with Crippen LogP contribution in [-0.4, -0.2) is 11.7 Å². The van der Waals surface area contributed by atoms with Crippen LogP contribution >= 0.6 is 0 Å². The molecule has 0 aromatic carbocycles. The summed E-state index contributed by atoms with van der Waals surface area (Å²) in [6, 6.07) is 0. The summed E-state index contributed by atoms with van der Waals surface area (Å²) in [5.41, 5.74) is 2.56. The van der Waals surface area contributed by atoms with Crippen molar-refractivity contribution in [3.8, 4) is 0 Å². The third-order valence-electron chi connectivity index (χ3n) is 1.98. The molecule has 1 aliphatic carbocycles. The van der Waals surface area contributed by atoms with Crippen LogP contribution in [0.3, 0.4) is 0 Å². The quantitative estimate of drug-likeness (QED) is 0.571. The molecule has 0 unspecified atom stereocenters. The van der Waals surface area contributed by atoms with E-state index in [2.05, 4.69) is 26.5 Å². The van der Waals surface area contributed by atoms with Gasteiger partial charge in [-0.15, -0.1) is 0 Å². The largest absolute Gasteiger partial charge is 0.392 e. The molecule has 0 radical (unpaired) electrons. The Bertz CT molecular complexity index is 199. The third kappa shape index (κ3) is 2.19. The number of hydrogen-bond acceptors (Lipinski definition) is 1. The van der Waals surface area contributed by atoms with E-state index in [0.717, 1.165) is 18.4 Å². The van der Waals surface area contributed by atoms with Gasteiger partial charge in [0.2, 0.25) is 0 Å². The standard InChI is InChI=1S/C10H16O/c1-8-4-9(7-11)6-10(2,3)5-8/h6,11H,1,4-5,7H2,2-3H3. The van der Waals surface area contributed by atoms with Crippen LogP contribution in [0.25, 0.3) is 0 Å². The molecule has 62 valence electrons. The minimum absolute atomic E-state index is 0.183. The van der Waals surface area contributed by atoms with Gasteiger partial charge in [-0.3, -0.25) is 0 Å². The van der Waals surface area contributed by atoms with Crippen LogP contribution < -0.4 is 0 Å². The molecule has 0 aromatic heterocycles. The van der Waals surface area contributed by atoms with E-state index in [4.69, 9.17) is 5.11 Å². The van der Waals surface area contributed by atoms with Gasteiger partial charge in [-0.05, 0) is 23.8 Å². The number of allylic oxidation sites excluding steroid dienone is 2. The molecule has 0 spiro atoms. The number of hydrogen-bond donors (Lipinski definition) is 1. The molecule has 1 heteroatoms. The van der Waals surface area contributed by atoms with Gasteiger partial charge in [-0.25, -0.2) is 0 Å². The highest BCUT2D eigenvalue weighted by atomic mass is 16.3. The predicted molar refractivity (Wildman–Crippen MR) is 47.3 cm³/mol. The molecule has 11 heavy (non-hydrogen) atoms. The van der Waals surface area contributed by atoms with Crippen molar-refractivity contribution in [1.29, 1.82) is 0 Å². The van der Waals surface area contributed by atoms with Crippen molar-refractivity contribution < 1.29 is 5.11 Å². The van der Waals surface area contributed by atoms with Gasteiger partial charge in [0, 0.05) is 0 Å². The fourth-order valence-corrected chi connectivity index (χ4v) is 1.78. The smallest absolute Gasteiger partial charge is 0.0645 e. The minimum Gasteiger partial charge on any atom is -0.392 e. The third-order valence-corrected chi connectivity index (χ3v) is 1.98. The van der Waals surface area contributed by atoms with Gasteiger partial charge < -0.3 is 5.11 Å². The second kappa shape index (κ2) is 2.82. The van der Waals surface area contributed by atoms with Crippen molar-refractivity contribution in [1.82, 2.24) is 0 Å². The Morgan fingerprint density at radius 2 is 2.27 bits per heavy atom. The molecule has 1 N–H and O–H groups in total. The van der Waals surface area contributed by atoms with Crippen molar-refractivity contribution in [3.05, 3.63) is 23.8 Å². The molecule has 0 atom stereocenters. The summed E-state index contributed by atoms with van der Waals surface area (Å²) < 4.78 is 0. The highest BCUT2D eigenvalue weighted by Crippen LogP contribution is 2.35. The van der Waals surface area contributed by atoms with Crippen LogP contribution in [0.2, 0.25) is 0 Å². The lowest BCUT2D eigenvalue weighted by atomic mass is 9.78. The van der Waals surface area contributed by atoms with Gasteiger partial charge in [0.15, 0.2) is 0 Å². The molecule has 0 saturated carbocycles. The Labute approximate surface area is 68.4 Å². The van der Waals surface area contributed by atoms with Gasteiger partial charge in [-0.1, -0.05) is 32.1 Å². The summed E-state index contributed by atoms with van der Waals surface area (Å²) in [7, 11) is 0. The molecule has 0 aromatic rings. The van der Waals surface area contributed by atoms with Crippen molar-refractivity contribution in [2.24, 2.45) is 5.41 Å². The molecule has 1 aliphatic rings. The first-order valence-corrected chi connectivity index (χ1v) is 4.01. The molecular formula is C10H16O. The van der Waals surface area contributed by atoms with Crippen molar-refractivity contribution in [2.75, 3.05) is 6.61 Å².